The molecule has 0 saturated carbocycles. The lowest BCUT2D eigenvalue weighted by Crippen LogP contribution is -2.40. The largest absolute Gasteiger partial charge is 0.360 e. The Hall–Kier alpha value is -3.45. The Morgan fingerprint density at radius 2 is 1.68 bits per heavy atom. The van der Waals surface area contributed by atoms with Gasteiger partial charge in [-0.1, -0.05) is 53.7 Å². The van der Waals surface area contributed by atoms with E-state index >= 15 is 0 Å². The predicted molar refractivity (Wildman–Crippen MR) is 118 cm³/mol. The fourth-order valence-electron chi connectivity index (χ4n) is 3.95. The minimum atomic E-state index is -0.481. The molecular weight excluding hydrogens is 392 g/mol. The number of hydrogen-bond donors (Lipinski definition) is 1. The van der Waals surface area contributed by atoms with Crippen LogP contribution < -0.4 is 5.32 Å². The van der Waals surface area contributed by atoms with E-state index in [1.807, 2.05) is 65.6 Å². The molecule has 1 saturated heterocycles. The molecule has 2 aromatic carbocycles. The smallest absolute Gasteiger partial charge is 0.253 e. The molecule has 4 rings (SSSR count). The first-order valence-corrected chi connectivity index (χ1v) is 10.5. The summed E-state index contributed by atoms with van der Waals surface area (Å²) in [7, 11) is 0. The maximum atomic E-state index is 13.3. The minimum Gasteiger partial charge on any atom is -0.360 e. The summed E-state index contributed by atoms with van der Waals surface area (Å²) in [5.41, 5.74) is 1.60. The molecule has 1 aliphatic heterocycles. The molecule has 2 heterocycles. The van der Waals surface area contributed by atoms with E-state index in [4.69, 9.17) is 4.52 Å². The van der Waals surface area contributed by atoms with E-state index in [0.29, 0.717) is 43.3 Å². The van der Waals surface area contributed by atoms with Crippen LogP contribution in [0.4, 0.5) is 5.82 Å². The average molecular weight is 418 g/mol. The quantitative estimate of drug-likeness (QED) is 0.686. The first-order chi connectivity index (χ1) is 15.1. The molecule has 0 bridgehead atoms. The van der Waals surface area contributed by atoms with Crippen molar-refractivity contribution in [3.8, 4) is 0 Å². The maximum Gasteiger partial charge on any atom is 0.253 e. The normalized spacial score (nSPS) is 15.8. The van der Waals surface area contributed by atoms with Crippen LogP contribution in [0.3, 0.4) is 0 Å². The number of benzene rings is 2. The lowest BCUT2D eigenvalue weighted by Gasteiger charge is -2.29. The number of aromatic nitrogens is 1. The molecule has 7 heteroatoms. The van der Waals surface area contributed by atoms with Gasteiger partial charge in [0.2, 0.25) is 5.91 Å². The molecular formula is C24H26N4O3. The summed E-state index contributed by atoms with van der Waals surface area (Å²) in [6.07, 6.45) is 0.790. The highest BCUT2D eigenvalue weighted by atomic mass is 16.5. The van der Waals surface area contributed by atoms with Crippen LogP contribution in [0.1, 0.15) is 34.1 Å². The Kier molecular flexibility index (Phi) is 6.43. The zero-order valence-electron chi connectivity index (χ0n) is 17.5. The third kappa shape index (κ3) is 5.00. The van der Waals surface area contributed by atoms with E-state index in [-0.39, 0.29) is 11.8 Å². The molecule has 7 nitrogen and oxygen atoms in total. The Morgan fingerprint density at radius 3 is 2.35 bits per heavy atom. The Balaban J connectivity index is 1.51. The van der Waals surface area contributed by atoms with E-state index in [1.165, 1.54) is 0 Å². The summed E-state index contributed by atoms with van der Waals surface area (Å²) >= 11 is 0. The molecule has 1 aliphatic rings. The summed E-state index contributed by atoms with van der Waals surface area (Å²) in [4.78, 5) is 30.1. The number of aryl methyl sites for hydroxylation is 1. The molecule has 0 radical (unpaired) electrons. The molecule has 0 aliphatic carbocycles. The molecule has 1 N–H and O–H groups in total. The topological polar surface area (TPSA) is 78.7 Å². The molecule has 0 spiro atoms. The van der Waals surface area contributed by atoms with Crippen LogP contribution in [-0.2, 0) is 4.79 Å². The van der Waals surface area contributed by atoms with Gasteiger partial charge in [0.25, 0.3) is 5.91 Å². The second-order valence-electron chi connectivity index (χ2n) is 7.67. The molecule has 3 aromatic rings. The molecule has 31 heavy (non-hydrogen) atoms. The molecule has 1 unspecified atom stereocenters. The number of anilines is 1. The van der Waals surface area contributed by atoms with Crippen LogP contribution in [0.5, 0.6) is 0 Å². The van der Waals surface area contributed by atoms with Crippen molar-refractivity contribution < 1.29 is 14.1 Å². The van der Waals surface area contributed by atoms with Crippen LogP contribution in [0.25, 0.3) is 0 Å². The van der Waals surface area contributed by atoms with E-state index in [0.717, 1.165) is 12.0 Å². The van der Waals surface area contributed by atoms with Gasteiger partial charge in [0.05, 0.1) is 0 Å². The highest BCUT2D eigenvalue weighted by molar-refractivity contribution is 5.95. The molecule has 1 fully saturated rings. The van der Waals surface area contributed by atoms with Crippen LogP contribution in [0.15, 0.2) is 71.3 Å². The first-order valence-electron chi connectivity index (χ1n) is 10.5. The number of rotatable bonds is 5. The van der Waals surface area contributed by atoms with Crippen molar-refractivity contribution in [1.82, 2.24) is 15.0 Å². The van der Waals surface area contributed by atoms with Crippen LogP contribution in [0.2, 0.25) is 0 Å². The Morgan fingerprint density at radius 1 is 0.968 bits per heavy atom. The van der Waals surface area contributed by atoms with E-state index in [1.54, 1.807) is 13.0 Å². The maximum absolute atomic E-state index is 13.3. The van der Waals surface area contributed by atoms with Gasteiger partial charge >= 0.3 is 0 Å². The Labute approximate surface area is 181 Å². The molecule has 1 aromatic heterocycles. The monoisotopic (exact) mass is 418 g/mol. The fourth-order valence-corrected chi connectivity index (χ4v) is 3.95. The zero-order chi connectivity index (χ0) is 21.6. The van der Waals surface area contributed by atoms with Gasteiger partial charge < -0.3 is 14.7 Å². The highest BCUT2D eigenvalue weighted by Gasteiger charge is 2.31. The van der Waals surface area contributed by atoms with Gasteiger partial charge in [-0.2, -0.15) is 0 Å². The third-order valence-corrected chi connectivity index (χ3v) is 5.45. The van der Waals surface area contributed by atoms with Gasteiger partial charge in [0, 0.05) is 37.8 Å². The second-order valence-corrected chi connectivity index (χ2v) is 7.67. The molecule has 1 atom stereocenters. The van der Waals surface area contributed by atoms with Gasteiger partial charge in [-0.05, 0) is 31.0 Å². The van der Waals surface area contributed by atoms with Gasteiger partial charge in [-0.15, -0.1) is 0 Å². The molecule has 2 amide bonds. The fraction of sp³-hybridized carbons (Fsp3) is 0.292. The first kappa shape index (κ1) is 20.8. The summed E-state index contributed by atoms with van der Waals surface area (Å²) in [5.74, 6) is 0.902. The van der Waals surface area contributed by atoms with Gasteiger partial charge in [-0.25, -0.2) is 0 Å². The highest BCUT2D eigenvalue weighted by Crippen LogP contribution is 2.25. The van der Waals surface area contributed by atoms with Crippen molar-refractivity contribution in [3.05, 3.63) is 83.6 Å². The van der Waals surface area contributed by atoms with E-state index in [9.17, 15) is 9.59 Å². The van der Waals surface area contributed by atoms with Crippen LogP contribution in [0, 0.1) is 6.92 Å². The lowest BCUT2D eigenvalue weighted by molar-refractivity contribution is -0.121. The van der Waals surface area contributed by atoms with Crippen molar-refractivity contribution >= 4 is 17.6 Å². The van der Waals surface area contributed by atoms with Crippen LogP contribution in [-0.4, -0.2) is 52.9 Å². The molecule has 160 valence electrons. The van der Waals surface area contributed by atoms with Crippen molar-refractivity contribution in [2.24, 2.45) is 0 Å². The second kappa shape index (κ2) is 9.57. The predicted octanol–water partition coefficient (Wildman–Crippen LogP) is 3.51. The number of nitrogens with one attached hydrogen (secondary N) is 1. The van der Waals surface area contributed by atoms with Crippen molar-refractivity contribution in [1.29, 1.82) is 0 Å². The average Bonchev–Trinajstić information content (AvgIpc) is 3.05. The summed E-state index contributed by atoms with van der Waals surface area (Å²) in [6, 6.07) is 20.2. The number of nitrogens with zero attached hydrogens (tertiary/aromatic N) is 3. The van der Waals surface area contributed by atoms with Crippen molar-refractivity contribution in [2.75, 3.05) is 31.5 Å². The van der Waals surface area contributed by atoms with Gasteiger partial charge in [-0.3, -0.25) is 14.5 Å². The van der Waals surface area contributed by atoms with Gasteiger partial charge in [0.15, 0.2) is 5.82 Å². The summed E-state index contributed by atoms with van der Waals surface area (Å²) in [5, 5.41) is 6.76. The Bertz CT molecular complexity index is 1020. The van der Waals surface area contributed by atoms with Gasteiger partial charge in [0.1, 0.15) is 11.8 Å². The SMILES string of the molecule is Cc1cc(NC(=O)C(c2ccccc2)N2CCCN(C(=O)c3ccccc3)CC2)no1. The van der Waals surface area contributed by atoms with E-state index < -0.39 is 6.04 Å². The van der Waals surface area contributed by atoms with E-state index in [2.05, 4.69) is 15.4 Å². The number of hydrogen-bond acceptors (Lipinski definition) is 5. The minimum absolute atomic E-state index is 0.0289. The standard InChI is InChI=1S/C24H26N4O3/c1-18-17-21(26-31-18)25-23(29)22(19-9-4-2-5-10-19)27-13-8-14-28(16-15-27)24(30)20-11-6-3-7-12-20/h2-7,9-12,17,22H,8,13-16H2,1H3,(H,25,26,29). The van der Waals surface area contributed by atoms with Crippen molar-refractivity contribution in [3.63, 3.8) is 0 Å². The van der Waals surface area contributed by atoms with Crippen LogP contribution >= 0.6 is 0 Å². The third-order valence-electron chi connectivity index (χ3n) is 5.45. The summed E-state index contributed by atoms with van der Waals surface area (Å²) < 4.78 is 5.08. The number of carbonyl (C=O) groups is 2. The number of amides is 2. The number of carbonyl (C=O) groups excluding carboxylic acids is 2. The van der Waals surface area contributed by atoms with Crippen molar-refractivity contribution in [2.45, 2.75) is 19.4 Å². The zero-order valence-corrected chi connectivity index (χ0v) is 17.5. The summed E-state index contributed by atoms with van der Waals surface area (Å²) in [6.45, 7) is 4.32. The lowest BCUT2D eigenvalue weighted by atomic mass is 10.0.